The van der Waals surface area contributed by atoms with Gasteiger partial charge in [-0.15, -0.1) is 11.6 Å². The highest BCUT2D eigenvalue weighted by Gasteiger charge is 2.16. The van der Waals surface area contributed by atoms with E-state index in [-0.39, 0.29) is 5.38 Å². The quantitative estimate of drug-likeness (QED) is 0.756. The summed E-state index contributed by atoms with van der Waals surface area (Å²) < 4.78 is 5.71. The van der Waals surface area contributed by atoms with E-state index in [1.54, 1.807) is 12.4 Å². The van der Waals surface area contributed by atoms with Crippen molar-refractivity contribution in [3.63, 3.8) is 0 Å². The lowest BCUT2D eigenvalue weighted by Gasteiger charge is -2.23. The van der Waals surface area contributed by atoms with Crippen LogP contribution < -0.4 is 0 Å². The second kappa shape index (κ2) is 7.32. The van der Waals surface area contributed by atoms with Crippen molar-refractivity contribution in [3.8, 4) is 0 Å². The summed E-state index contributed by atoms with van der Waals surface area (Å²) in [5.41, 5.74) is 1.08. The molecule has 0 aromatic carbocycles. The van der Waals surface area contributed by atoms with Gasteiger partial charge in [-0.1, -0.05) is 11.6 Å². The summed E-state index contributed by atoms with van der Waals surface area (Å²) in [7, 11) is 0. The van der Waals surface area contributed by atoms with E-state index in [0.717, 1.165) is 31.4 Å². The summed E-state index contributed by atoms with van der Waals surface area (Å²) in [5.74, 6) is 0. The Morgan fingerprint density at radius 2 is 2.33 bits per heavy atom. The lowest BCUT2D eigenvalue weighted by molar-refractivity contribution is 0.0100. The van der Waals surface area contributed by atoms with Crippen LogP contribution in [-0.2, 0) is 11.2 Å². The molecular weight excluding hydrogens is 269 g/mol. The zero-order valence-electron chi connectivity index (χ0n) is 10.4. The van der Waals surface area contributed by atoms with Crippen LogP contribution in [0, 0.1) is 0 Å². The van der Waals surface area contributed by atoms with E-state index >= 15 is 0 Å². The van der Waals surface area contributed by atoms with Crippen molar-refractivity contribution in [3.05, 3.63) is 29.0 Å². The minimum Gasteiger partial charge on any atom is -0.378 e. The molecule has 1 aliphatic rings. The van der Waals surface area contributed by atoms with E-state index in [4.69, 9.17) is 27.9 Å². The van der Waals surface area contributed by atoms with Crippen LogP contribution in [0.25, 0.3) is 0 Å². The van der Waals surface area contributed by atoms with Gasteiger partial charge in [0.25, 0.3) is 0 Å². The molecule has 0 N–H and O–H groups in total. The van der Waals surface area contributed by atoms with E-state index in [0.29, 0.717) is 11.1 Å². The molecule has 1 aromatic heterocycles. The first-order chi connectivity index (χ1) is 8.75. The number of aromatic nitrogens is 1. The van der Waals surface area contributed by atoms with Gasteiger partial charge in [0.15, 0.2) is 0 Å². The number of nitrogens with zero attached hydrogens (tertiary/aromatic N) is 1. The maximum Gasteiger partial charge on any atom is 0.0621 e. The summed E-state index contributed by atoms with van der Waals surface area (Å²) in [6.45, 7) is 0.911. The number of hydrogen-bond donors (Lipinski definition) is 0. The first kappa shape index (κ1) is 14.1. The van der Waals surface area contributed by atoms with Crippen LogP contribution in [0.15, 0.2) is 18.5 Å². The Bertz CT molecular complexity index is 367. The molecule has 2 heterocycles. The molecule has 2 nitrogen and oxygen atoms in total. The van der Waals surface area contributed by atoms with Crippen molar-refractivity contribution < 1.29 is 4.74 Å². The van der Waals surface area contributed by atoms with Crippen LogP contribution in [0.4, 0.5) is 0 Å². The van der Waals surface area contributed by atoms with Gasteiger partial charge in [-0.3, -0.25) is 4.98 Å². The molecule has 0 aliphatic carbocycles. The molecule has 4 heteroatoms. The second-order valence-electron chi connectivity index (χ2n) is 4.83. The molecule has 2 rings (SSSR count). The van der Waals surface area contributed by atoms with E-state index in [1.165, 1.54) is 19.3 Å². The number of rotatable bonds is 5. The molecule has 0 amide bonds. The fourth-order valence-electron chi connectivity index (χ4n) is 2.31. The molecule has 2 unspecified atom stereocenters. The molecule has 1 aliphatic heterocycles. The van der Waals surface area contributed by atoms with Crippen molar-refractivity contribution in [2.45, 2.75) is 50.0 Å². The fourth-order valence-corrected chi connectivity index (χ4v) is 2.80. The first-order valence-electron chi connectivity index (χ1n) is 6.60. The Labute approximate surface area is 119 Å². The first-order valence-corrected chi connectivity index (χ1v) is 7.41. The number of hydrogen-bond acceptors (Lipinski definition) is 2. The molecule has 0 saturated carbocycles. The van der Waals surface area contributed by atoms with E-state index < -0.39 is 0 Å². The Morgan fingerprint density at radius 1 is 1.44 bits per heavy atom. The summed E-state index contributed by atoms with van der Waals surface area (Å²) in [6, 6.07) is 1.94. The van der Waals surface area contributed by atoms with Gasteiger partial charge in [0.1, 0.15) is 0 Å². The summed E-state index contributed by atoms with van der Waals surface area (Å²) >= 11 is 12.4. The fraction of sp³-hybridized carbons (Fsp3) is 0.643. The predicted octanol–water partition coefficient (Wildman–Crippen LogP) is 4.23. The average molecular weight is 288 g/mol. The highest BCUT2D eigenvalue weighted by atomic mass is 35.5. The Morgan fingerprint density at radius 3 is 3.06 bits per heavy atom. The average Bonchev–Trinajstić information content (AvgIpc) is 2.40. The topological polar surface area (TPSA) is 22.1 Å². The van der Waals surface area contributed by atoms with Gasteiger partial charge >= 0.3 is 0 Å². The Hall–Kier alpha value is -0.310. The monoisotopic (exact) mass is 287 g/mol. The van der Waals surface area contributed by atoms with Crippen molar-refractivity contribution in [2.75, 3.05) is 6.61 Å². The Balaban J connectivity index is 1.74. The van der Waals surface area contributed by atoms with Gasteiger partial charge < -0.3 is 4.74 Å². The maximum atomic E-state index is 6.37. The zero-order chi connectivity index (χ0) is 12.8. The molecule has 18 heavy (non-hydrogen) atoms. The SMILES string of the molecule is Clc1cnccc1CC(Cl)CCC1CCCCO1. The minimum absolute atomic E-state index is 0.121. The van der Waals surface area contributed by atoms with Gasteiger partial charge in [0.05, 0.1) is 11.1 Å². The second-order valence-corrected chi connectivity index (χ2v) is 5.86. The third-order valence-electron chi connectivity index (χ3n) is 3.37. The maximum absolute atomic E-state index is 6.37. The van der Waals surface area contributed by atoms with Crippen LogP contribution in [0.1, 0.15) is 37.7 Å². The number of alkyl halides is 1. The Kier molecular flexibility index (Phi) is 5.74. The van der Waals surface area contributed by atoms with Crippen molar-refractivity contribution in [1.29, 1.82) is 0 Å². The molecule has 1 fully saturated rings. The van der Waals surface area contributed by atoms with Crippen LogP contribution >= 0.6 is 23.2 Å². The minimum atomic E-state index is 0.121. The smallest absolute Gasteiger partial charge is 0.0621 e. The number of pyridine rings is 1. The molecule has 1 aromatic rings. The van der Waals surface area contributed by atoms with Crippen molar-refractivity contribution in [1.82, 2.24) is 4.98 Å². The highest BCUT2D eigenvalue weighted by Crippen LogP contribution is 2.23. The standard InChI is InChI=1S/C14H19Cl2NO/c15-12(4-5-13-3-1-2-8-18-13)9-11-6-7-17-10-14(11)16/h6-7,10,12-13H,1-5,8-9H2. The third kappa shape index (κ3) is 4.42. The molecule has 100 valence electrons. The summed E-state index contributed by atoms with van der Waals surface area (Å²) in [4.78, 5) is 3.98. The molecule has 0 spiro atoms. The van der Waals surface area contributed by atoms with E-state index in [9.17, 15) is 0 Å². The largest absolute Gasteiger partial charge is 0.378 e. The van der Waals surface area contributed by atoms with Gasteiger partial charge in [-0.2, -0.15) is 0 Å². The highest BCUT2D eigenvalue weighted by molar-refractivity contribution is 6.31. The van der Waals surface area contributed by atoms with Gasteiger partial charge in [-0.05, 0) is 50.2 Å². The molecule has 2 atom stereocenters. The van der Waals surface area contributed by atoms with Crippen LogP contribution in [0.5, 0.6) is 0 Å². The van der Waals surface area contributed by atoms with Crippen LogP contribution in [-0.4, -0.2) is 23.1 Å². The van der Waals surface area contributed by atoms with E-state index in [2.05, 4.69) is 4.98 Å². The lowest BCUT2D eigenvalue weighted by Crippen LogP contribution is -2.20. The third-order valence-corrected chi connectivity index (χ3v) is 4.09. The van der Waals surface area contributed by atoms with E-state index in [1.807, 2.05) is 6.07 Å². The molecule has 0 radical (unpaired) electrons. The zero-order valence-corrected chi connectivity index (χ0v) is 12.0. The number of halogens is 2. The van der Waals surface area contributed by atoms with Gasteiger partial charge in [0, 0.05) is 24.4 Å². The number of ether oxygens (including phenoxy) is 1. The predicted molar refractivity (Wildman–Crippen MR) is 75.4 cm³/mol. The normalized spacial score (nSPS) is 21.8. The molecule has 0 bridgehead atoms. The molecular formula is C14H19Cl2NO. The summed E-state index contributed by atoms with van der Waals surface area (Å²) in [6.07, 6.45) is 10.3. The van der Waals surface area contributed by atoms with Crippen molar-refractivity contribution >= 4 is 23.2 Å². The van der Waals surface area contributed by atoms with Crippen LogP contribution in [0.3, 0.4) is 0 Å². The van der Waals surface area contributed by atoms with Gasteiger partial charge in [-0.25, -0.2) is 0 Å². The molecule has 1 saturated heterocycles. The lowest BCUT2D eigenvalue weighted by atomic mass is 10.0. The summed E-state index contributed by atoms with van der Waals surface area (Å²) in [5, 5.41) is 0.826. The van der Waals surface area contributed by atoms with Crippen LogP contribution in [0.2, 0.25) is 5.02 Å². The van der Waals surface area contributed by atoms with Crippen molar-refractivity contribution in [2.24, 2.45) is 0 Å². The van der Waals surface area contributed by atoms with Gasteiger partial charge in [0.2, 0.25) is 0 Å².